The summed E-state index contributed by atoms with van der Waals surface area (Å²) in [6.07, 6.45) is 8.77. The SMILES string of the molecule is C[C@@H]1CCCCO1.Cc1ccc(Cc2nc3c(cnc4ccc(Cl)cc43)[nH]2)nc1. The number of benzene rings is 1. The Morgan fingerprint density at radius 3 is 2.72 bits per heavy atom. The Morgan fingerprint density at radius 1 is 1.14 bits per heavy atom. The number of H-pyrrole nitrogens is 1. The average molecular weight is 409 g/mol. The third-order valence-corrected chi connectivity index (χ3v) is 5.29. The summed E-state index contributed by atoms with van der Waals surface area (Å²) in [4.78, 5) is 16.9. The second kappa shape index (κ2) is 8.89. The van der Waals surface area contributed by atoms with Gasteiger partial charge in [0.15, 0.2) is 0 Å². The van der Waals surface area contributed by atoms with Crippen LogP contribution < -0.4 is 0 Å². The number of imidazole rings is 1. The lowest BCUT2D eigenvalue weighted by atomic mass is 10.1. The molecule has 1 aliphatic rings. The monoisotopic (exact) mass is 408 g/mol. The quantitative estimate of drug-likeness (QED) is 0.466. The van der Waals surface area contributed by atoms with Crippen molar-refractivity contribution in [2.24, 2.45) is 0 Å². The molecule has 1 atom stereocenters. The molecule has 29 heavy (non-hydrogen) atoms. The molecule has 0 saturated carbocycles. The molecule has 1 aliphatic heterocycles. The smallest absolute Gasteiger partial charge is 0.113 e. The van der Waals surface area contributed by atoms with Crippen LogP contribution in [0.3, 0.4) is 0 Å². The lowest BCUT2D eigenvalue weighted by molar-refractivity contribution is 0.0285. The molecule has 1 fully saturated rings. The molecule has 0 radical (unpaired) electrons. The molecule has 4 heterocycles. The Balaban J connectivity index is 0.000000249. The van der Waals surface area contributed by atoms with Gasteiger partial charge >= 0.3 is 0 Å². The molecule has 0 unspecified atom stereocenters. The zero-order valence-electron chi connectivity index (χ0n) is 16.8. The summed E-state index contributed by atoms with van der Waals surface area (Å²) >= 11 is 6.09. The number of nitrogens with one attached hydrogen (secondary N) is 1. The van der Waals surface area contributed by atoms with E-state index in [0.29, 0.717) is 17.5 Å². The maximum absolute atomic E-state index is 6.09. The highest BCUT2D eigenvalue weighted by atomic mass is 35.5. The van der Waals surface area contributed by atoms with Crippen molar-refractivity contribution in [1.82, 2.24) is 19.9 Å². The lowest BCUT2D eigenvalue weighted by Crippen LogP contribution is -2.14. The van der Waals surface area contributed by atoms with E-state index in [1.807, 2.05) is 43.6 Å². The fourth-order valence-corrected chi connectivity index (χ4v) is 3.61. The van der Waals surface area contributed by atoms with Gasteiger partial charge in [-0.05, 0) is 62.9 Å². The van der Waals surface area contributed by atoms with E-state index in [0.717, 1.165) is 45.6 Å². The van der Waals surface area contributed by atoms with Crippen LogP contribution in [0.1, 0.15) is 43.3 Å². The van der Waals surface area contributed by atoms with E-state index in [-0.39, 0.29) is 0 Å². The third kappa shape index (κ3) is 4.92. The molecule has 0 spiro atoms. The molecule has 3 aromatic heterocycles. The van der Waals surface area contributed by atoms with E-state index in [1.54, 1.807) is 0 Å². The van der Waals surface area contributed by atoms with Crippen molar-refractivity contribution in [2.75, 3.05) is 6.61 Å². The van der Waals surface area contributed by atoms with Crippen LogP contribution in [0.25, 0.3) is 21.9 Å². The van der Waals surface area contributed by atoms with Crippen LogP contribution in [0.15, 0.2) is 42.7 Å². The molecule has 1 aromatic carbocycles. The number of halogens is 1. The summed E-state index contributed by atoms with van der Waals surface area (Å²) in [5.74, 6) is 0.876. The van der Waals surface area contributed by atoms with Crippen LogP contribution in [-0.2, 0) is 11.2 Å². The Morgan fingerprint density at radius 2 is 2.03 bits per heavy atom. The normalized spacial score (nSPS) is 16.6. The maximum atomic E-state index is 6.09. The van der Waals surface area contributed by atoms with Crippen molar-refractivity contribution in [1.29, 1.82) is 0 Å². The Bertz CT molecular complexity index is 1100. The number of fused-ring (bicyclic) bond motifs is 3. The molecular weight excluding hydrogens is 384 g/mol. The number of rotatable bonds is 2. The largest absolute Gasteiger partial charge is 0.379 e. The number of aryl methyl sites for hydroxylation is 1. The molecule has 0 bridgehead atoms. The minimum atomic E-state index is 0.536. The molecule has 1 saturated heterocycles. The van der Waals surface area contributed by atoms with Crippen LogP contribution in [-0.4, -0.2) is 32.6 Å². The highest BCUT2D eigenvalue weighted by Gasteiger charge is 2.09. The topological polar surface area (TPSA) is 63.7 Å². The second-order valence-electron chi connectivity index (χ2n) is 7.55. The minimum Gasteiger partial charge on any atom is -0.379 e. The second-order valence-corrected chi connectivity index (χ2v) is 7.98. The predicted molar refractivity (Wildman–Crippen MR) is 117 cm³/mol. The summed E-state index contributed by atoms with van der Waals surface area (Å²) in [7, 11) is 0. The molecule has 6 heteroatoms. The summed E-state index contributed by atoms with van der Waals surface area (Å²) < 4.78 is 5.28. The maximum Gasteiger partial charge on any atom is 0.113 e. The van der Waals surface area contributed by atoms with Gasteiger partial charge < -0.3 is 9.72 Å². The highest BCUT2D eigenvalue weighted by molar-refractivity contribution is 6.31. The van der Waals surface area contributed by atoms with Gasteiger partial charge in [0.25, 0.3) is 0 Å². The van der Waals surface area contributed by atoms with Gasteiger partial charge in [0.2, 0.25) is 0 Å². The van der Waals surface area contributed by atoms with E-state index in [2.05, 4.69) is 27.9 Å². The van der Waals surface area contributed by atoms with Gasteiger partial charge in [-0.15, -0.1) is 0 Å². The molecule has 5 nitrogen and oxygen atoms in total. The summed E-state index contributed by atoms with van der Waals surface area (Å²) in [6, 6.07) is 9.73. The van der Waals surface area contributed by atoms with E-state index < -0.39 is 0 Å². The molecule has 5 rings (SSSR count). The van der Waals surface area contributed by atoms with Crippen molar-refractivity contribution in [3.05, 3.63) is 64.8 Å². The molecule has 4 aromatic rings. The Hall–Kier alpha value is -2.50. The molecule has 150 valence electrons. The highest BCUT2D eigenvalue weighted by Crippen LogP contribution is 2.25. The summed E-state index contributed by atoms with van der Waals surface area (Å²) in [5, 5.41) is 1.65. The fraction of sp³-hybridized carbons (Fsp3) is 0.348. The van der Waals surface area contributed by atoms with Crippen molar-refractivity contribution in [2.45, 2.75) is 45.6 Å². The number of nitrogens with zero attached hydrogens (tertiary/aromatic N) is 3. The van der Waals surface area contributed by atoms with Crippen LogP contribution in [0.4, 0.5) is 0 Å². The Kier molecular flexibility index (Phi) is 6.07. The van der Waals surface area contributed by atoms with Gasteiger partial charge in [0.05, 0.1) is 28.9 Å². The zero-order chi connectivity index (χ0) is 20.2. The van der Waals surface area contributed by atoms with Crippen LogP contribution in [0.5, 0.6) is 0 Å². The van der Waals surface area contributed by atoms with Crippen LogP contribution in [0, 0.1) is 6.92 Å². The van der Waals surface area contributed by atoms with Crippen LogP contribution in [0.2, 0.25) is 5.02 Å². The van der Waals surface area contributed by atoms with E-state index >= 15 is 0 Å². The minimum absolute atomic E-state index is 0.536. The van der Waals surface area contributed by atoms with Crippen molar-refractivity contribution in [3.63, 3.8) is 0 Å². The van der Waals surface area contributed by atoms with Gasteiger partial charge in [-0.1, -0.05) is 17.7 Å². The molecule has 0 aliphatic carbocycles. The van der Waals surface area contributed by atoms with Crippen molar-refractivity contribution >= 4 is 33.5 Å². The number of hydrogen-bond acceptors (Lipinski definition) is 4. The molecule has 0 amide bonds. The lowest BCUT2D eigenvalue weighted by Gasteiger charge is -2.17. The third-order valence-electron chi connectivity index (χ3n) is 5.06. The number of ether oxygens (including phenoxy) is 1. The molecule has 1 N–H and O–H groups in total. The van der Waals surface area contributed by atoms with E-state index in [4.69, 9.17) is 21.3 Å². The summed E-state index contributed by atoms with van der Waals surface area (Å²) in [5.41, 5.74) is 4.84. The van der Waals surface area contributed by atoms with Crippen molar-refractivity contribution in [3.8, 4) is 0 Å². The Labute approximate surface area is 175 Å². The van der Waals surface area contributed by atoms with Gasteiger partial charge in [0.1, 0.15) is 5.82 Å². The summed E-state index contributed by atoms with van der Waals surface area (Å²) in [6.45, 7) is 5.15. The van der Waals surface area contributed by atoms with Crippen molar-refractivity contribution < 1.29 is 4.74 Å². The van der Waals surface area contributed by atoms with E-state index in [9.17, 15) is 0 Å². The first kappa shape index (κ1) is 19.8. The first-order valence-corrected chi connectivity index (χ1v) is 10.4. The van der Waals surface area contributed by atoms with Gasteiger partial charge in [0, 0.05) is 35.3 Å². The zero-order valence-corrected chi connectivity index (χ0v) is 17.5. The number of aromatic nitrogens is 4. The average Bonchev–Trinajstić information content (AvgIpc) is 3.14. The number of hydrogen-bond donors (Lipinski definition) is 1. The first-order valence-electron chi connectivity index (χ1n) is 10.0. The first-order chi connectivity index (χ1) is 14.1. The van der Waals surface area contributed by atoms with E-state index in [1.165, 1.54) is 19.3 Å². The van der Waals surface area contributed by atoms with Gasteiger partial charge in [-0.2, -0.15) is 0 Å². The van der Waals surface area contributed by atoms with Gasteiger partial charge in [-0.25, -0.2) is 4.98 Å². The number of aromatic amines is 1. The molecular formula is C23H25ClN4O. The van der Waals surface area contributed by atoms with Crippen LogP contribution >= 0.6 is 11.6 Å². The standard InChI is InChI=1S/C17H13ClN4.C6H12O/c1-10-2-4-12(19-8-10)7-16-21-15-9-20-14-5-3-11(18)6-13(14)17(15)22-16;1-6-4-2-3-5-7-6/h2-6,8-9H,7H2,1H3,(H,21,22);6H,2-5H2,1H3/t;6-/m.1/s1. The predicted octanol–water partition coefficient (Wildman–Crippen LogP) is 5.63. The number of pyridine rings is 2. The fourth-order valence-electron chi connectivity index (χ4n) is 3.44. The van der Waals surface area contributed by atoms with Gasteiger partial charge in [-0.3, -0.25) is 9.97 Å².